The van der Waals surface area contributed by atoms with Crippen molar-refractivity contribution in [2.75, 3.05) is 6.54 Å². The fraction of sp³-hybridized carbons (Fsp3) is 0.667. The summed E-state index contributed by atoms with van der Waals surface area (Å²) >= 11 is 7.31. The molecule has 0 N–H and O–H groups in total. The van der Waals surface area contributed by atoms with Crippen molar-refractivity contribution >= 4 is 33.0 Å². The molecule has 1 aromatic heterocycles. The number of alkyl halides is 1. The van der Waals surface area contributed by atoms with Crippen LogP contribution in [0.15, 0.2) is 10.3 Å². The predicted molar refractivity (Wildman–Crippen MR) is 73.6 cm³/mol. The van der Waals surface area contributed by atoms with E-state index < -0.39 is 10.0 Å². The fourth-order valence-corrected chi connectivity index (χ4v) is 6.97. The maximum Gasteiger partial charge on any atom is 0.244 e. The maximum absolute atomic E-state index is 12.8. The predicted octanol–water partition coefficient (Wildman–Crippen LogP) is 2.97. The molecule has 2 heterocycles. The molecule has 3 nitrogen and oxygen atoms in total. The molecule has 18 heavy (non-hydrogen) atoms. The Hall–Kier alpha value is -0.100. The lowest BCUT2D eigenvalue weighted by atomic mass is 10.1. The quantitative estimate of drug-likeness (QED) is 0.805. The van der Waals surface area contributed by atoms with Crippen molar-refractivity contribution in [2.24, 2.45) is 5.92 Å². The van der Waals surface area contributed by atoms with Gasteiger partial charge in [0.05, 0.1) is 5.88 Å². The van der Waals surface area contributed by atoms with Crippen LogP contribution in [0.1, 0.15) is 29.7 Å². The molecule has 6 heteroatoms. The van der Waals surface area contributed by atoms with Crippen LogP contribution in [0, 0.1) is 12.8 Å². The highest BCUT2D eigenvalue weighted by molar-refractivity contribution is 7.89. The largest absolute Gasteiger partial charge is 0.244 e. The van der Waals surface area contributed by atoms with Crippen LogP contribution >= 0.6 is 22.9 Å². The number of thiophene rings is 1. The van der Waals surface area contributed by atoms with Crippen molar-refractivity contribution in [3.8, 4) is 0 Å². The van der Waals surface area contributed by atoms with E-state index in [1.165, 1.54) is 17.8 Å². The zero-order valence-corrected chi connectivity index (χ0v) is 12.6. The average Bonchev–Trinajstić information content (AvgIpc) is 3.02. The molecular weight excluding hydrogens is 290 g/mol. The van der Waals surface area contributed by atoms with Crippen LogP contribution in [0.5, 0.6) is 0 Å². The van der Waals surface area contributed by atoms with E-state index in [-0.39, 0.29) is 11.9 Å². The first-order valence-electron chi connectivity index (χ1n) is 6.19. The number of halogens is 1. The smallest absolute Gasteiger partial charge is 0.207 e. The van der Waals surface area contributed by atoms with Gasteiger partial charge < -0.3 is 0 Å². The SMILES string of the molecule is Cc1csc(CCl)c1S(=O)(=O)N1CC2CCC1C2. The van der Waals surface area contributed by atoms with Crippen LogP contribution < -0.4 is 0 Å². The van der Waals surface area contributed by atoms with Gasteiger partial charge in [-0.1, -0.05) is 0 Å². The van der Waals surface area contributed by atoms with Gasteiger partial charge in [-0.05, 0) is 43.0 Å². The molecule has 0 amide bonds. The normalized spacial score (nSPS) is 28.1. The summed E-state index contributed by atoms with van der Waals surface area (Å²) in [4.78, 5) is 1.24. The minimum Gasteiger partial charge on any atom is -0.207 e. The summed E-state index contributed by atoms with van der Waals surface area (Å²) < 4.78 is 27.2. The summed E-state index contributed by atoms with van der Waals surface area (Å²) in [5, 5.41) is 1.89. The van der Waals surface area contributed by atoms with E-state index in [0.29, 0.717) is 17.4 Å². The minimum atomic E-state index is -3.34. The van der Waals surface area contributed by atoms with Crippen molar-refractivity contribution in [3.63, 3.8) is 0 Å². The highest BCUT2D eigenvalue weighted by Crippen LogP contribution is 2.42. The Kier molecular flexibility index (Phi) is 3.21. The first-order chi connectivity index (χ1) is 8.54. The average molecular weight is 306 g/mol. The summed E-state index contributed by atoms with van der Waals surface area (Å²) in [6.07, 6.45) is 3.24. The maximum atomic E-state index is 12.8. The zero-order valence-electron chi connectivity index (χ0n) is 10.2. The summed E-state index contributed by atoms with van der Waals surface area (Å²) in [5.74, 6) is 0.845. The summed E-state index contributed by atoms with van der Waals surface area (Å²) in [6, 6.07) is 0.225. The Morgan fingerprint density at radius 2 is 2.28 bits per heavy atom. The number of piperidine rings is 1. The Morgan fingerprint density at radius 1 is 1.50 bits per heavy atom. The van der Waals surface area contributed by atoms with Gasteiger partial charge in [0.1, 0.15) is 4.90 Å². The lowest BCUT2D eigenvalue weighted by Crippen LogP contribution is -2.38. The van der Waals surface area contributed by atoms with E-state index >= 15 is 0 Å². The third-order valence-electron chi connectivity index (χ3n) is 4.04. The van der Waals surface area contributed by atoms with Gasteiger partial charge in [-0.2, -0.15) is 4.31 Å². The van der Waals surface area contributed by atoms with Gasteiger partial charge in [-0.3, -0.25) is 0 Å². The molecule has 2 atom stereocenters. The van der Waals surface area contributed by atoms with Gasteiger partial charge in [0.2, 0.25) is 10.0 Å². The van der Waals surface area contributed by atoms with Crippen molar-refractivity contribution in [2.45, 2.75) is 43.0 Å². The molecule has 3 rings (SSSR count). The number of fused-ring (bicyclic) bond motifs is 2. The number of sulfonamides is 1. The molecule has 2 unspecified atom stereocenters. The van der Waals surface area contributed by atoms with Gasteiger partial charge >= 0.3 is 0 Å². The second-order valence-electron chi connectivity index (χ2n) is 5.21. The van der Waals surface area contributed by atoms with E-state index in [2.05, 4.69) is 0 Å². The van der Waals surface area contributed by atoms with Crippen molar-refractivity contribution < 1.29 is 8.42 Å². The van der Waals surface area contributed by atoms with Crippen molar-refractivity contribution in [1.82, 2.24) is 4.31 Å². The molecule has 1 saturated carbocycles. The molecule has 2 bridgehead atoms. The molecular formula is C12H16ClNO2S2. The van der Waals surface area contributed by atoms with Gasteiger partial charge in [0.15, 0.2) is 0 Å². The second kappa shape index (κ2) is 4.47. The van der Waals surface area contributed by atoms with E-state index in [1.807, 2.05) is 12.3 Å². The molecule has 1 saturated heterocycles. The van der Waals surface area contributed by atoms with Crippen molar-refractivity contribution in [1.29, 1.82) is 0 Å². The summed E-state index contributed by atoms with van der Waals surface area (Å²) in [5.41, 5.74) is 0.832. The topological polar surface area (TPSA) is 37.4 Å². The summed E-state index contributed by atoms with van der Waals surface area (Å²) in [7, 11) is -3.34. The Bertz CT molecular complexity index is 567. The number of nitrogens with zero attached hydrogens (tertiary/aromatic N) is 1. The minimum absolute atomic E-state index is 0.225. The van der Waals surface area contributed by atoms with Crippen LogP contribution in [0.2, 0.25) is 0 Å². The van der Waals surface area contributed by atoms with Crippen LogP contribution in [0.3, 0.4) is 0 Å². The highest BCUT2D eigenvalue weighted by atomic mass is 35.5. The van der Waals surface area contributed by atoms with Crippen LogP contribution in [0.4, 0.5) is 0 Å². The van der Waals surface area contributed by atoms with Gasteiger partial charge in [-0.15, -0.1) is 22.9 Å². The van der Waals surface area contributed by atoms with E-state index in [9.17, 15) is 8.42 Å². The Balaban J connectivity index is 2.02. The number of rotatable bonds is 3. The fourth-order valence-electron chi connectivity index (χ4n) is 3.22. The molecule has 1 aromatic rings. The number of hydrogen-bond acceptors (Lipinski definition) is 3. The number of aryl methyl sites for hydroxylation is 1. The number of hydrogen-bond donors (Lipinski definition) is 0. The van der Waals surface area contributed by atoms with E-state index in [1.54, 1.807) is 4.31 Å². The molecule has 1 aliphatic heterocycles. The lowest BCUT2D eigenvalue weighted by molar-refractivity contribution is 0.333. The first kappa shape index (κ1) is 12.9. The summed E-state index contributed by atoms with van der Waals surface area (Å²) in [6.45, 7) is 2.55. The lowest BCUT2D eigenvalue weighted by Gasteiger charge is -2.26. The third kappa shape index (κ3) is 1.83. The molecule has 2 aliphatic rings. The Morgan fingerprint density at radius 3 is 2.83 bits per heavy atom. The third-order valence-corrected chi connectivity index (χ3v) is 7.84. The van der Waals surface area contributed by atoms with Crippen LogP contribution in [0.25, 0.3) is 0 Å². The molecule has 0 aromatic carbocycles. The van der Waals surface area contributed by atoms with Gasteiger partial charge in [-0.25, -0.2) is 8.42 Å². The molecule has 1 aliphatic carbocycles. The zero-order chi connectivity index (χ0) is 12.9. The van der Waals surface area contributed by atoms with Crippen LogP contribution in [-0.2, 0) is 15.9 Å². The highest BCUT2D eigenvalue weighted by Gasteiger charge is 2.45. The second-order valence-corrected chi connectivity index (χ2v) is 8.27. The molecule has 2 fully saturated rings. The van der Waals surface area contributed by atoms with Crippen LogP contribution in [-0.4, -0.2) is 25.3 Å². The van der Waals surface area contributed by atoms with E-state index in [0.717, 1.165) is 23.3 Å². The molecule has 0 radical (unpaired) electrons. The monoisotopic (exact) mass is 305 g/mol. The Labute approximate surface area is 117 Å². The van der Waals surface area contributed by atoms with Gasteiger partial charge in [0, 0.05) is 17.5 Å². The molecule has 100 valence electrons. The van der Waals surface area contributed by atoms with E-state index in [4.69, 9.17) is 11.6 Å². The standard InChI is InChI=1S/C12H16ClNO2S2/c1-8-7-17-11(5-13)12(8)18(15,16)14-6-9-2-3-10(14)4-9/h7,9-10H,2-6H2,1H3. The molecule has 0 spiro atoms. The van der Waals surface area contributed by atoms with Crippen molar-refractivity contribution in [3.05, 3.63) is 15.8 Å². The first-order valence-corrected chi connectivity index (χ1v) is 9.04. The van der Waals surface area contributed by atoms with Gasteiger partial charge in [0.25, 0.3) is 0 Å².